The van der Waals surface area contributed by atoms with Gasteiger partial charge >= 0.3 is 0 Å². The number of hydrazone groups is 1. The molecule has 1 heterocycles. The van der Waals surface area contributed by atoms with Crippen LogP contribution in [-0.4, -0.2) is 17.1 Å². The number of benzene rings is 1. The van der Waals surface area contributed by atoms with Crippen molar-refractivity contribution < 1.29 is 4.79 Å². The lowest BCUT2D eigenvalue weighted by molar-refractivity contribution is 0.0954. The van der Waals surface area contributed by atoms with Gasteiger partial charge < -0.3 is 0 Å². The highest BCUT2D eigenvalue weighted by atomic mass is 79.9. The molecule has 0 radical (unpaired) electrons. The molecular weight excluding hydrogens is 330 g/mol. The molecule has 106 valence electrons. The molecule has 1 aromatic heterocycles. The zero-order valence-corrected chi connectivity index (χ0v) is 13.0. The third-order valence-electron chi connectivity index (χ3n) is 2.60. The molecular formula is C16H14BrN3O. The Kier molecular flexibility index (Phi) is 5.40. The van der Waals surface area contributed by atoms with E-state index in [1.165, 1.54) is 6.20 Å². The maximum absolute atomic E-state index is 11.8. The molecule has 0 aliphatic heterocycles. The second kappa shape index (κ2) is 7.50. The Morgan fingerprint density at radius 1 is 1.29 bits per heavy atom. The van der Waals surface area contributed by atoms with Crippen molar-refractivity contribution in [1.29, 1.82) is 0 Å². The van der Waals surface area contributed by atoms with Crippen LogP contribution >= 0.6 is 15.9 Å². The van der Waals surface area contributed by atoms with Crippen molar-refractivity contribution in [2.75, 3.05) is 0 Å². The maximum atomic E-state index is 11.8. The Morgan fingerprint density at radius 3 is 2.76 bits per heavy atom. The van der Waals surface area contributed by atoms with E-state index in [1.807, 2.05) is 43.3 Å². The first-order valence-corrected chi connectivity index (χ1v) is 7.12. The fraction of sp³-hybridized carbons (Fsp3) is 0.0625. The smallest absolute Gasteiger partial charge is 0.267 e. The van der Waals surface area contributed by atoms with Gasteiger partial charge in [-0.2, -0.15) is 5.10 Å². The van der Waals surface area contributed by atoms with Crippen LogP contribution in [-0.2, 0) is 0 Å². The summed E-state index contributed by atoms with van der Waals surface area (Å²) in [7, 11) is 0. The van der Waals surface area contributed by atoms with Crippen molar-refractivity contribution in [1.82, 2.24) is 10.4 Å². The second-order valence-corrected chi connectivity index (χ2v) is 5.31. The molecule has 0 atom stereocenters. The monoisotopic (exact) mass is 343 g/mol. The van der Waals surface area contributed by atoms with Crippen LogP contribution in [0.3, 0.4) is 0 Å². The summed E-state index contributed by atoms with van der Waals surface area (Å²) in [5, 5.41) is 3.94. The molecule has 2 aromatic rings. The van der Waals surface area contributed by atoms with Crippen LogP contribution in [0.2, 0.25) is 0 Å². The molecule has 0 aliphatic rings. The Balaban J connectivity index is 1.96. The Morgan fingerprint density at radius 2 is 2.05 bits per heavy atom. The molecule has 0 saturated carbocycles. The normalized spacial score (nSPS) is 11.6. The van der Waals surface area contributed by atoms with Crippen molar-refractivity contribution in [3.05, 3.63) is 70.0 Å². The minimum atomic E-state index is -0.299. The van der Waals surface area contributed by atoms with Gasteiger partial charge in [-0.3, -0.25) is 9.78 Å². The summed E-state index contributed by atoms with van der Waals surface area (Å²) < 4.78 is 0.749. The average Bonchev–Trinajstić information content (AvgIpc) is 2.48. The van der Waals surface area contributed by atoms with Crippen LogP contribution in [0.5, 0.6) is 0 Å². The molecule has 0 fully saturated rings. The number of pyridine rings is 1. The van der Waals surface area contributed by atoms with Crippen LogP contribution in [0.25, 0.3) is 6.08 Å². The van der Waals surface area contributed by atoms with E-state index in [2.05, 4.69) is 31.4 Å². The van der Waals surface area contributed by atoms with Gasteiger partial charge in [0.2, 0.25) is 0 Å². The van der Waals surface area contributed by atoms with Gasteiger partial charge in [0.25, 0.3) is 5.91 Å². The maximum Gasteiger partial charge on any atom is 0.272 e. The fourth-order valence-electron chi connectivity index (χ4n) is 1.64. The van der Waals surface area contributed by atoms with Crippen molar-refractivity contribution >= 4 is 34.1 Å². The highest BCUT2D eigenvalue weighted by Gasteiger charge is 2.04. The topological polar surface area (TPSA) is 54.4 Å². The molecule has 4 nitrogen and oxygen atoms in total. The minimum Gasteiger partial charge on any atom is -0.267 e. The number of nitrogens with zero attached hydrogens (tertiary/aromatic N) is 2. The number of hydrogen-bond donors (Lipinski definition) is 1. The number of hydrogen-bond acceptors (Lipinski definition) is 3. The molecule has 1 aromatic carbocycles. The highest BCUT2D eigenvalue weighted by Crippen LogP contribution is 2.09. The summed E-state index contributed by atoms with van der Waals surface area (Å²) in [6.07, 6.45) is 6.70. The number of allylic oxidation sites excluding steroid dienone is 1. The van der Waals surface area contributed by atoms with Crippen LogP contribution < -0.4 is 5.43 Å². The first kappa shape index (κ1) is 15.1. The van der Waals surface area contributed by atoms with E-state index in [0.717, 1.165) is 15.6 Å². The van der Waals surface area contributed by atoms with Crippen molar-refractivity contribution in [3.8, 4) is 0 Å². The summed E-state index contributed by atoms with van der Waals surface area (Å²) in [5.41, 5.74) is 4.95. The molecule has 0 bridgehead atoms. The van der Waals surface area contributed by atoms with E-state index >= 15 is 0 Å². The molecule has 0 aliphatic carbocycles. The molecule has 5 heteroatoms. The molecule has 0 spiro atoms. The standard InChI is InChI=1S/C16H14BrN3O/c1-12(7-13-5-3-2-4-6-13)9-19-20-16(21)14-8-15(17)11-18-10-14/h2-11H,1H3,(H,20,21)/b12-7-,19-9?. The largest absolute Gasteiger partial charge is 0.272 e. The van der Waals surface area contributed by atoms with Gasteiger partial charge in [-0.15, -0.1) is 0 Å². The second-order valence-electron chi connectivity index (χ2n) is 4.39. The van der Waals surface area contributed by atoms with Gasteiger partial charge in [0.15, 0.2) is 0 Å². The molecule has 1 N–H and O–H groups in total. The number of carbonyl (C=O) groups is 1. The highest BCUT2D eigenvalue weighted by molar-refractivity contribution is 9.10. The van der Waals surface area contributed by atoms with E-state index in [-0.39, 0.29) is 5.91 Å². The first-order chi connectivity index (χ1) is 10.1. The summed E-state index contributed by atoms with van der Waals surface area (Å²) in [6.45, 7) is 1.92. The van der Waals surface area contributed by atoms with Gasteiger partial charge in [0, 0.05) is 16.9 Å². The predicted octanol–water partition coefficient (Wildman–Crippen LogP) is 3.66. The number of aromatic nitrogens is 1. The van der Waals surface area contributed by atoms with Gasteiger partial charge in [-0.25, -0.2) is 5.43 Å². The van der Waals surface area contributed by atoms with E-state index in [4.69, 9.17) is 0 Å². The SMILES string of the molecule is C/C(C=NNC(=O)c1cncc(Br)c1)=C/c1ccccc1. The van der Waals surface area contributed by atoms with Gasteiger partial charge in [-0.05, 0) is 40.1 Å². The van der Waals surface area contributed by atoms with Crippen molar-refractivity contribution in [3.63, 3.8) is 0 Å². The number of carbonyl (C=O) groups excluding carboxylic acids is 1. The summed E-state index contributed by atoms with van der Waals surface area (Å²) in [4.78, 5) is 15.8. The predicted molar refractivity (Wildman–Crippen MR) is 88.0 cm³/mol. The Hall–Kier alpha value is -2.27. The molecule has 2 rings (SSSR count). The number of amides is 1. The van der Waals surface area contributed by atoms with E-state index in [9.17, 15) is 4.79 Å². The van der Waals surface area contributed by atoms with Crippen molar-refractivity contribution in [2.45, 2.75) is 6.92 Å². The summed E-state index contributed by atoms with van der Waals surface area (Å²) in [5.74, 6) is -0.299. The summed E-state index contributed by atoms with van der Waals surface area (Å²) >= 11 is 3.27. The fourth-order valence-corrected chi connectivity index (χ4v) is 2.01. The lowest BCUT2D eigenvalue weighted by Gasteiger charge is -1.99. The van der Waals surface area contributed by atoms with Gasteiger partial charge in [0.1, 0.15) is 0 Å². The van der Waals surface area contributed by atoms with Crippen LogP contribution in [0.15, 0.2) is 63.9 Å². The van der Waals surface area contributed by atoms with Gasteiger partial charge in [0.05, 0.1) is 11.8 Å². The lowest BCUT2D eigenvalue weighted by Crippen LogP contribution is -2.17. The Labute approximate surface area is 131 Å². The van der Waals surface area contributed by atoms with Crippen LogP contribution in [0.1, 0.15) is 22.8 Å². The van der Waals surface area contributed by atoms with Crippen LogP contribution in [0, 0.1) is 0 Å². The van der Waals surface area contributed by atoms with E-state index in [1.54, 1.807) is 18.5 Å². The molecule has 1 amide bonds. The zero-order valence-electron chi connectivity index (χ0n) is 11.5. The third kappa shape index (κ3) is 4.96. The Bertz CT molecular complexity index is 681. The number of rotatable bonds is 4. The molecule has 0 saturated heterocycles. The number of halogens is 1. The third-order valence-corrected chi connectivity index (χ3v) is 3.03. The van der Waals surface area contributed by atoms with Crippen molar-refractivity contribution in [2.24, 2.45) is 5.10 Å². The molecule has 0 unspecified atom stereocenters. The first-order valence-electron chi connectivity index (χ1n) is 6.32. The van der Waals surface area contributed by atoms with E-state index < -0.39 is 0 Å². The minimum absolute atomic E-state index is 0.299. The van der Waals surface area contributed by atoms with E-state index in [0.29, 0.717) is 5.56 Å². The van der Waals surface area contributed by atoms with Crippen LogP contribution in [0.4, 0.5) is 0 Å². The number of nitrogens with one attached hydrogen (secondary N) is 1. The quantitative estimate of drug-likeness (QED) is 0.680. The van der Waals surface area contributed by atoms with Gasteiger partial charge in [-0.1, -0.05) is 36.4 Å². The zero-order chi connectivity index (χ0) is 15.1. The summed E-state index contributed by atoms with van der Waals surface area (Å²) in [6, 6.07) is 11.6. The molecule has 21 heavy (non-hydrogen) atoms. The average molecular weight is 344 g/mol. The lowest BCUT2D eigenvalue weighted by atomic mass is 10.1.